The van der Waals surface area contributed by atoms with Gasteiger partial charge in [0, 0.05) is 0 Å². The minimum atomic E-state index is -0.410. The van der Waals surface area contributed by atoms with E-state index in [1.165, 1.54) is 0 Å². The van der Waals surface area contributed by atoms with Crippen LogP contribution in [0.2, 0.25) is 13.1 Å². The molecule has 0 rings (SSSR count). The molecule has 0 atom stereocenters. The van der Waals surface area contributed by atoms with Crippen LogP contribution in [0.15, 0.2) is 0 Å². The van der Waals surface area contributed by atoms with Crippen LogP contribution in [-0.2, 0) is 0 Å². The molecular weight excluding hydrogens is 224 g/mol. The Balaban J connectivity index is 2.99. The smallest absolute Gasteiger partial charge is 0.0600 e. The van der Waals surface area contributed by atoms with E-state index in [1.54, 1.807) is 0 Å². The van der Waals surface area contributed by atoms with Gasteiger partial charge in [0.1, 0.15) is 0 Å². The Kier molecular flexibility index (Phi) is 3.84. The van der Waals surface area contributed by atoms with Crippen LogP contribution in [0.3, 0.4) is 0 Å². The molecule has 0 bridgehead atoms. The highest BCUT2D eigenvalue weighted by Gasteiger charge is 2.02. The zero-order valence-electron chi connectivity index (χ0n) is 3.91. The number of hydrogen-bond acceptors (Lipinski definition) is 0. The first-order valence-electron chi connectivity index (χ1n) is 1.92. The average Bonchev–Trinajstić information content (AvgIpc) is 1.36. The second kappa shape index (κ2) is 3.21. The lowest BCUT2D eigenvalue weighted by Gasteiger charge is -1.99. The standard InChI is InChI=1S/C3H8Br2Si/c1-6(2)3(4)5/h3,6H,1-2H3. The van der Waals surface area contributed by atoms with Crippen molar-refractivity contribution in [3.05, 3.63) is 0 Å². The van der Waals surface area contributed by atoms with E-state index in [1.807, 2.05) is 0 Å². The highest BCUT2D eigenvalue weighted by atomic mass is 79.9. The molecule has 0 saturated heterocycles. The highest BCUT2D eigenvalue weighted by molar-refractivity contribution is 9.25. The maximum Gasteiger partial charge on any atom is 0.0600 e. The van der Waals surface area contributed by atoms with Crippen molar-refractivity contribution in [2.24, 2.45) is 0 Å². The molecule has 0 fully saturated rings. The van der Waals surface area contributed by atoms with Crippen molar-refractivity contribution in [2.45, 2.75) is 16.5 Å². The molecular formula is C3H8Br2Si. The second-order valence-electron chi connectivity index (χ2n) is 1.58. The molecule has 0 aromatic carbocycles. The Morgan fingerprint density at radius 2 is 1.50 bits per heavy atom. The van der Waals surface area contributed by atoms with Crippen LogP contribution < -0.4 is 0 Å². The average molecular weight is 232 g/mol. The van der Waals surface area contributed by atoms with Gasteiger partial charge in [0.25, 0.3) is 0 Å². The summed E-state index contributed by atoms with van der Waals surface area (Å²) in [6.07, 6.45) is 0. The molecule has 0 amide bonds. The van der Waals surface area contributed by atoms with Gasteiger partial charge in [-0.1, -0.05) is 45.0 Å². The largest absolute Gasteiger partial charge is 0.0806 e. The van der Waals surface area contributed by atoms with Crippen LogP contribution in [0, 0.1) is 0 Å². The first-order chi connectivity index (χ1) is 2.64. The predicted molar refractivity (Wildman–Crippen MR) is 40.5 cm³/mol. The van der Waals surface area contributed by atoms with Gasteiger partial charge in [-0.25, -0.2) is 0 Å². The summed E-state index contributed by atoms with van der Waals surface area (Å²) in [7, 11) is -0.410. The fourth-order valence-corrected chi connectivity index (χ4v) is 0. The van der Waals surface area contributed by atoms with Gasteiger partial charge in [0.15, 0.2) is 0 Å². The highest BCUT2D eigenvalue weighted by Crippen LogP contribution is 2.10. The van der Waals surface area contributed by atoms with Crippen molar-refractivity contribution in [1.29, 1.82) is 0 Å². The maximum atomic E-state index is 3.42. The lowest BCUT2D eigenvalue weighted by Crippen LogP contribution is -2.08. The van der Waals surface area contributed by atoms with E-state index in [0.29, 0.717) is 3.36 Å². The van der Waals surface area contributed by atoms with E-state index in [-0.39, 0.29) is 0 Å². The predicted octanol–water partition coefficient (Wildman–Crippen LogP) is 2.13. The topological polar surface area (TPSA) is 0 Å². The lowest BCUT2D eigenvalue weighted by molar-refractivity contribution is 1.83. The molecule has 0 spiro atoms. The molecule has 0 heterocycles. The quantitative estimate of drug-likeness (QED) is 0.479. The summed E-state index contributed by atoms with van der Waals surface area (Å²) in [5.74, 6) is 0. The molecule has 0 N–H and O–H groups in total. The third-order valence-electron chi connectivity index (χ3n) is 0.504. The minimum absolute atomic E-state index is 0.410. The molecule has 3 heteroatoms. The minimum Gasteiger partial charge on any atom is -0.0806 e. The summed E-state index contributed by atoms with van der Waals surface area (Å²) < 4.78 is 0.616. The molecule has 0 nitrogen and oxygen atoms in total. The Morgan fingerprint density at radius 3 is 1.50 bits per heavy atom. The van der Waals surface area contributed by atoms with Crippen LogP contribution in [-0.4, -0.2) is 12.2 Å². The Labute approximate surface area is 57.2 Å². The zero-order valence-corrected chi connectivity index (χ0v) is 8.24. The SMILES string of the molecule is C[SiH](C)C(Br)Br. The molecule has 0 aliphatic carbocycles. The van der Waals surface area contributed by atoms with Gasteiger partial charge in [0.2, 0.25) is 0 Å². The van der Waals surface area contributed by atoms with Crippen molar-refractivity contribution < 1.29 is 0 Å². The van der Waals surface area contributed by atoms with Gasteiger partial charge in [-0.3, -0.25) is 0 Å². The molecule has 6 heavy (non-hydrogen) atoms. The third kappa shape index (κ3) is 3.37. The van der Waals surface area contributed by atoms with Gasteiger partial charge in [-0.05, 0) is 0 Å². The zero-order chi connectivity index (χ0) is 5.15. The monoisotopic (exact) mass is 230 g/mol. The van der Waals surface area contributed by atoms with Gasteiger partial charge in [-0.15, -0.1) is 0 Å². The van der Waals surface area contributed by atoms with E-state index in [0.717, 1.165) is 0 Å². The van der Waals surface area contributed by atoms with Gasteiger partial charge in [-0.2, -0.15) is 0 Å². The fraction of sp³-hybridized carbons (Fsp3) is 1.00. The molecule has 0 aromatic heterocycles. The summed E-state index contributed by atoms with van der Waals surface area (Å²) in [4.78, 5) is 0. The molecule has 0 aromatic rings. The van der Waals surface area contributed by atoms with Crippen LogP contribution in [0.25, 0.3) is 0 Å². The molecule has 0 aliphatic heterocycles. The van der Waals surface area contributed by atoms with Crippen LogP contribution in [0.5, 0.6) is 0 Å². The first kappa shape index (κ1) is 7.18. The normalized spacial score (nSPS) is 11.0. The van der Waals surface area contributed by atoms with E-state index < -0.39 is 8.80 Å². The molecule has 0 radical (unpaired) electrons. The third-order valence-corrected chi connectivity index (χ3v) is 7.86. The number of rotatable bonds is 1. The van der Waals surface area contributed by atoms with Gasteiger partial charge >= 0.3 is 0 Å². The van der Waals surface area contributed by atoms with Crippen molar-refractivity contribution in [3.8, 4) is 0 Å². The number of halogens is 2. The van der Waals surface area contributed by atoms with Gasteiger partial charge < -0.3 is 0 Å². The van der Waals surface area contributed by atoms with E-state index in [9.17, 15) is 0 Å². The second-order valence-corrected chi connectivity index (χ2v) is 9.89. The van der Waals surface area contributed by atoms with Crippen molar-refractivity contribution in [2.75, 3.05) is 0 Å². The summed E-state index contributed by atoms with van der Waals surface area (Å²) >= 11 is 6.83. The molecule has 0 saturated carbocycles. The van der Waals surface area contributed by atoms with E-state index in [2.05, 4.69) is 45.0 Å². The Hall–Kier alpha value is 1.18. The van der Waals surface area contributed by atoms with Crippen LogP contribution in [0.1, 0.15) is 0 Å². The Bertz CT molecular complexity index is 29.8. The summed E-state index contributed by atoms with van der Waals surface area (Å²) in [6.45, 7) is 4.57. The fourth-order valence-electron chi connectivity index (χ4n) is 0. The Morgan fingerprint density at radius 1 is 1.33 bits per heavy atom. The number of alkyl halides is 2. The first-order valence-corrected chi connectivity index (χ1v) is 6.73. The summed E-state index contributed by atoms with van der Waals surface area (Å²) in [5.41, 5.74) is 0. The van der Waals surface area contributed by atoms with Crippen molar-refractivity contribution in [3.63, 3.8) is 0 Å². The lowest BCUT2D eigenvalue weighted by atomic mass is 11.8. The molecule has 0 aliphatic rings. The van der Waals surface area contributed by atoms with Crippen LogP contribution in [0.4, 0.5) is 0 Å². The van der Waals surface area contributed by atoms with E-state index in [4.69, 9.17) is 0 Å². The van der Waals surface area contributed by atoms with Crippen LogP contribution >= 0.6 is 31.9 Å². The van der Waals surface area contributed by atoms with E-state index >= 15 is 0 Å². The molecule has 38 valence electrons. The number of hydrogen-bond donors (Lipinski definition) is 0. The van der Waals surface area contributed by atoms with Crippen molar-refractivity contribution in [1.82, 2.24) is 0 Å². The summed E-state index contributed by atoms with van der Waals surface area (Å²) in [5, 5.41) is 0. The molecule has 0 unspecified atom stereocenters. The maximum absolute atomic E-state index is 3.42. The summed E-state index contributed by atoms with van der Waals surface area (Å²) in [6, 6.07) is 0. The van der Waals surface area contributed by atoms with Crippen molar-refractivity contribution >= 4 is 40.7 Å². The van der Waals surface area contributed by atoms with Gasteiger partial charge in [0.05, 0.1) is 12.2 Å².